The minimum Gasteiger partial charge on any atom is -0.0998 e. The minimum atomic E-state index is 1.03. The van der Waals surface area contributed by atoms with Gasteiger partial charge in [0.1, 0.15) is 0 Å². The summed E-state index contributed by atoms with van der Waals surface area (Å²) in [6, 6.07) is 6.63. The van der Waals surface area contributed by atoms with Crippen molar-refractivity contribution in [2.24, 2.45) is 0 Å². The summed E-state index contributed by atoms with van der Waals surface area (Å²) in [6.07, 6.45) is 3.28. The van der Waals surface area contributed by atoms with Crippen LogP contribution in [0.25, 0.3) is 0 Å². The van der Waals surface area contributed by atoms with E-state index in [0.29, 0.717) is 0 Å². The van der Waals surface area contributed by atoms with Crippen LogP contribution in [0.3, 0.4) is 0 Å². The molecule has 0 aliphatic rings. The van der Waals surface area contributed by atoms with Gasteiger partial charge in [-0.2, -0.15) is 0 Å². The molecule has 0 aliphatic heterocycles. The average Bonchev–Trinajstić information content (AvgIpc) is 2.17. The highest BCUT2D eigenvalue weighted by Gasteiger charge is 2.05. The lowest BCUT2D eigenvalue weighted by atomic mass is 9.93. The molecule has 1 aromatic carbocycles. The van der Waals surface area contributed by atoms with Gasteiger partial charge in [0.2, 0.25) is 0 Å². The molecule has 76 valence electrons. The Morgan fingerprint density at radius 2 is 1.64 bits per heavy atom. The Balaban J connectivity index is 3.12. The van der Waals surface area contributed by atoms with Crippen molar-refractivity contribution >= 4 is 0 Å². The molecule has 0 atom stereocenters. The van der Waals surface area contributed by atoms with Crippen molar-refractivity contribution in [3.05, 3.63) is 47.0 Å². The van der Waals surface area contributed by atoms with Crippen LogP contribution in [0, 0.1) is 0 Å². The largest absolute Gasteiger partial charge is 0.0998 e. The van der Waals surface area contributed by atoms with Gasteiger partial charge in [-0.25, -0.2) is 0 Å². The van der Waals surface area contributed by atoms with Crippen molar-refractivity contribution in [1.29, 1.82) is 0 Å². The predicted octanol–water partition coefficient (Wildman–Crippen LogP) is 3.93. The number of rotatable bonds is 4. The molecule has 0 aromatic heterocycles. The molecule has 1 rings (SSSR count). The first-order valence-corrected chi connectivity index (χ1v) is 5.43. The summed E-state index contributed by atoms with van der Waals surface area (Å²) in [7, 11) is 0. The average molecular weight is 188 g/mol. The Morgan fingerprint density at radius 3 is 2.00 bits per heavy atom. The fourth-order valence-corrected chi connectivity index (χ4v) is 1.88. The van der Waals surface area contributed by atoms with Crippen LogP contribution >= 0.6 is 0 Å². The molecule has 1 aromatic rings. The van der Waals surface area contributed by atoms with E-state index < -0.39 is 0 Å². The van der Waals surface area contributed by atoms with Crippen LogP contribution in [0.1, 0.15) is 37.5 Å². The van der Waals surface area contributed by atoms with Gasteiger partial charge in [0.05, 0.1) is 0 Å². The Hall–Kier alpha value is -1.04. The Bertz CT molecular complexity index is 299. The second-order valence-electron chi connectivity index (χ2n) is 3.90. The molecule has 0 amide bonds. The molecule has 0 saturated carbocycles. The Morgan fingerprint density at radius 1 is 1.14 bits per heavy atom. The van der Waals surface area contributed by atoms with Crippen molar-refractivity contribution in [3.63, 3.8) is 0 Å². The number of hydrogen-bond acceptors (Lipinski definition) is 0. The van der Waals surface area contributed by atoms with E-state index in [1.54, 1.807) is 0 Å². The van der Waals surface area contributed by atoms with Crippen molar-refractivity contribution in [1.82, 2.24) is 0 Å². The van der Waals surface area contributed by atoms with Gasteiger partial charge in [0.25, 0.3) is 0 Å². The van der Waals surface area contributed by atoms with Crippen LogP contribution in [-0.4, -0.2) is 0 Å². The lowest BCUT2D eigenvalue weighted by molar-refractivity contribution is 0.992. The van der Waals surface area contributed by atoms with E-state index in [1.165, 1.54) is 22.3 Å². The summed E-state index contributed by atoms with van der Waals surface area (Å²) < 4.78 is 0. The summed E-state index contributed by atoms with van der Waals surface area (Å²) in [5.74, 6) is 0. The molecule has 0 N–H and O–H groups in total. The van der Waals surface area contributed by atoms with Crippen LogP contribution in [0.4, 0.5) is 0 Å². The SMILES string of the molecule is C=C(C)Cc1c(CC)cccc1CC. The zero-order chi connectivity index (χ0) is 10.6. The third kappa shape index (κ3) is 2.47. The summed E-state index contributed by atoms with van der Waals surface area (Å²) >= 11 is 0. The van der Waals surface area contributed by atoms with E-state index in [-0.39, 0.29) is 0 Å². The number of allylic oxidation sites excluding steroid dienone is 1. The molecule has 0 heterocycles. The van der Waals surface area contributed by atoms with Gasteiger partial charge in [-0.1, -0.05) is 44.2 Å². The van der Waals surface area contributed by atoms with Crippen LogP contribution in [-0.2, 0) is 19.3 Å². The normalized spacial score (nSPS) is 10.2. The molecule has 0 bridgehead atoms. The fraction of sp³-hybridized carbons (Fsp3) is 0.429. The first-order valence-electron chi connectivity index (χ1n) is 5.43. The second-order valence-corrected chi connectivity index (χ2v) is 3.90. The number of hydrogen-bond donors (Lipinski definition) is 0. The smallest absolute Gasteiger partial charge is 0.00671 e. The van der Waals surface area contributed by atoms with E-state index in [4.69, 9.17) is 0 Å². The number of benzene rings is 1. The predicted molar refractivity (Wildman–Crippen MR) is 63.7 cm³/mol. The molecule has 0 fully saturated rings. The standard InChI is InChI=1S/C14H20/c1-5-12-8-7-9-13(6-2)14(12)10-11(3)4/h7-9H,3,5-6,10H2,1-2,4H3. The Kier molecular flexibility index (Phi) is 3.94. The highest BCUT2D eigenvalue weighted by atomic mass is 14.1. The fourth-order valence-electron chi connectivity index (χ4n) is 1.88. The molecule has 0 aliphatic carbocycles. The lowest BCUT2D eigenvalue weighted by Gasteiger charge is -2.12. The van der Waals surface area contributed by atoms with Crippen molar-refractivity contribution in [2.45, 2.75) is 40.0 Å². The van der Waals surface area contributed by atoms with Gasteiger partial charge in [0, 0.05) is 0 Å². The maximum Gasteiger partial charge on any atom is -0.00671 e. The van der Waals surface area contributed by atoms with Crippen molar-refractivity contribution in [2.75, 3.05) is 0 Å². The van der Waals surface area contributed by atoms with Gasteiger partial charge in [-0.15, -0.1) is 0 Å². The van der Waals surface area contributed by atoms with Crippen LogP contribution in [0.5, 0.6) is 0 Å². The Labute approximate surface area is 87.7 Å². The van der Waals surface area contributed by atoms with Crippen molar-refractivity contribution < 1.29 is 0 Å². The van der Waals surface area contributed by atoms with E-state index in [9.17, 15) is 0 Å². The summed E-state index contributed by atoms with van der Waals surface area (Å²) in [5, 5.41) is 0. The lowest BCUT2D eigenvalue weighted by Crippen LogP contribution is -1.99. The van der Waals surface area contributed by atoms with E-state index in [1.807, 2.05) is 0 Å². The molecule has 0 heteroatoms. The zero-order valence-electron chi connectivity index (χ0n) is 9.56. The molecular weight excluding hydrogens is 168 g/mol. The molecule has 0 saturated heterocycles. The first-order chi connectivity index (χ1) is 6.69. The number of aryl methyl sites for hydroxylation is 2. The van der Waals surface area contributed by atoms with Gasteiger partial charge in [0.15, 0.2) is 0 Å². The monoisotopic (exact) mass is 188 g/mol. The van der Waals surface area contributed by atoms with Gasteiger partial charge < -0.3 is 0 Å². The first kappa shape index (κ1) is 11.0. The van der Waals surface area contributed by atoms with Gasteiger partial charge in [-0.05, 0) is 42.9 Å². The summed E-state index contributed by atoms with van der Waals surface area (Å²) in [5.41, 5.74) is 5.71. The molecule has 0 unspecified atom stereocenters. The molecule has 14 heavy (non-hydrogen) atoms. The van der Waals surface area contributed by atoms with Gasteiger partial charge in [-0.3, -0.25) is 0 Å². The minimum absolute atomic E-state index is 1.03. The molecule has 0 spiro atoms. The third-order valence-electron chi connectivity index (χ3n) is 2.61. The topological polar surface area (TPSA) is 0 Å². The van der Waals surface area contributed by atoms with E-state index >= 15 is 0 Å². The highest BCUT2D eigenvalue weighted by molar-refractivity contribution is 5.37. The quantitative estimate of drug-likeness (QED) is 0.628. The molecular formula is C14H20. The maximum absolute atomic E-state index is 4.00. The highest BCUT2D eigenvalue weighted by Crippen LogP contribution is 2.19. The van der Waals surface area contributed by atoms with Crippen molar-refractivity contribution in [3.8, 4) is 0 Å². The molecule has 0 radical (unpaired) electrons. The van der Waals surface area contributed by atoms with Crippen LogP contribution in [0.15, 0.2) is 30.4 Å². The molecule has 0 nitrogen and oxygen atoms in total. The van der Waals surface area contributed by atoms with Crippen LogP contribution in [0.2, 0.25) is 0 Å². The zero-order valence-corrected chi connectivity index (χ0v) is 9.56. The van der Waals surface area contributed by atoms with Crippen LogP contribution < -0.4 is 0 Å². The van der Waals surface area contributed by atoms with E-state index in [2.05, 4.69) is 45.5 Å². The van der Waals surface area contributed by atoms with Gasteiger partial charge >= 0.3 is 0 Å². The third-order valence-corrected chi connectivity index (χ3v) is 2.61. The summed E-state index contributed by atoms with van der Waals surface area (Å²) in [4.78, 5) is 0. The summed E-state index contributed by atoms with van der Waals surface area (Å²) in [6.45, 7) is 10.5. The maximum atomic E-state index is 4.00. The van der Waals surface area contributed by atoms with E-state index in [0.717, 1.165) is 19.3 Å². The second kappa shape index (κ2) is 4.99.